The van der Waals surface area contributed by atoms with Gasteiger partial charge in [0.2, 0.25) is 0 Å². The highest BCUT2D eigenvalue weighted by molar-refractivity contribution is 5.74. The second kappa shape index (κ2) is 7.33. The molecule has 0 spiro atoms. The van der Waals surface area contributed by atoms with Crippen molar-refractivity contribution in [1.82, 2.24) is 0 Å². The number of aryl methyl sites for hydroxylation is 2. The van der Waals surface area contributed by atoms with Gasteiger partial charge in [0.25, 0.3) is 0 Å². The zero-order valence-electron chi connectivity index (χ0n) is 14.6. The summed E-state index contributed by atoms with van der Waals surface area (Å²) < 4.78 is 122. The molecule has 0 aromatic heterocycles. The van der Waals surface area contributed by atoms with Crippen molar-refractivity contribution in [3.05, 3.63) is 58.7 Å². The van der Waals surface area contributed by atoms with E-state index in [0.717, 1.165) is 0 Å². The molecule has 0 saturated carbocycles. The average molecular weight is 413 g/mol. The molecule has 2 rings (SSSR count). The lowest BCUT2D eigenvalue weighted by atomic mass is 9.82. The lowest BCUT2D eigenvalue weighted by Crippen LogP contribution is -2.50. The van der Waals surface area contributed by atoms with Gasteiger partial charge in [0.1, 0.15) is 11.6 Å². The van der Waals surface area contributed by atoms with Crippen molar-refractivity contribution in [2.24, 2.45) is 0 Å². The average Bonchev–Trinajstić information content (AvgIpc) is 2.58. The number of alkyl halides is 7. The van der Waals surface area contributed by atoms with Crippen molar-refractivity contribution in [3.63, 3.8) is 0 Å². The van der Waals surface area contributed by atoms with E-state index in [1.54, 1.807) is 0 Å². The number of hydrogen-bond acceptors (Lipinski definition) is 0. The summed E-state index contributed by atoms with van der Waals surface area (Å²) in [6.45, 7) is 2.83. The Kier molecular flexibility index (Phi) is 5.78. The summed E-state index contributed by atoms with van der Waals surface area (Å²) in [7, 11) is 0. The SMILES string of the molecule is CCc1[c]c(CC)c(-c2ccc(F)cc2F)c(C(F)(C(F)(F)F)C(F)(F)F)c1. The zero-order chi connectivity index (χ0) is 21.5. The fourth-order valence-corrected chi connectivity index (χ4v) is 2.89. The minimum Gasteiger partial charge on any atom is -0.218 e. The first-order valence-corrected chi connectivity index (χ1v) is 8.14. The van der Waals surface area contributed by atoms with Gasteiger partial charge in [0, 0.05) is 17.2 Å². The Balaban J connectivity index is 3.04. The van der Waals surface area contributed by atoms with Crippen LogP contribution in [-0.4, -0.2) is 12.4 Å². The molecule has 0 N–H and O–H groups in total. The molecule has 0 amide bonds. The summed E-state index contributed by atoms with van der Waals surface area (Å²) in [5, 5.41) is 0. The highest BCUT2D eigenvalue weighted by atomic mass is 19.4. The summed E-state index contributed by atoms with van der Waals surface area (Å²) in [4.78, 5) is 0. The summed E-state index contributed by atoms with van der Waals surface area (Å²) in [5.41, 5.74) is -9.59. The molecule has 28 heavy (non-hydrogen) atoms. The number of hydrogen-bond donors (Lipinski definition) is 0. The second-order valence-corrected chi connectivity index (χ2v) is 6.05. The highest BCUT2D eigenvalue weighted by Crippen LogP contribution is 2.56. The van der Waals surface area contributed by atoms with E-state index < -0.39 is 46.3 Å². The molecule has 0 aliphatic heterocycles. The van der Waals surface area contributed by atoms with Crippen LogP contribution in [0, 0.1) is 17.7 Å². The third-order valence-electron chi connectivity index (χ3n) is 4.29. The Morgan fingerprint density at radius 2 is 1.39 bits per heavy atom. The highest BCUT2D eigenvalue weighted by Gasteiger charge is 2.74. The Morgan fingerprint density at radius 3 is 1.82 bits per heavy atom. The molecule has 9 heteroatoms. The van der Waals surface area contributed by atoms with Crippen LogP contribution < -0.4 is 0 Å². The molecule has 2 aromatic rings. The molecule has 0 heterocycles. The normalized spacial score (nSPS) is 13.1. The fourth-order valence-electron chi connectivity index (χ4n) is 2.89. The topological polar surface area (TPSA) is 0 Å². The Hall–Kier alpha value is -2.19. The lowest BCUT2D eigenvalue weighted by molar-refractivity contribution is -0.348. The molecule has 2 aromatic carbocycles. The quantitative estimate of drug-likeness (QED) is 0.481. The number of rotatable bonds is 4. The van der Waals surface area contributed by atoms with Crippen LogP contribution >= 0.6 is 0 Å². The third kappa shape index (κ3) is 3.58. The van der Waals surface area contributed by atoms with Crippen LogP contribution in [0.5, 0.6) is 0 Å². The Labute approximate surface area is 155 Å². The van der Waals surface area contributed by atoms with Gasteiger partial charge in [-0.2, -0.15) is 26.3 Å². The molecular weight excluding hydrogens is 399 g/mol. The van der Waals surface area contributed by atoms with Crippen molar-refractivity contribution in [2.75, 3.05) is 0 Å². The van der Waals surface area contributed by atoms with Gasteiger partial charge in [0.15, 0.2) is 0 Å². The first kappa shape index (κ1) is 22.1. The van der Waals surface area contributed by atoms with E-state index in [0.29, 0.717) is 24.3 Å². The molecule has 1 radical (unpaired) electrons. The van der Waals surface area contributed by atoms with Crippen LogP contribution in [0.15, 0.2) is 24.3 Å². The maximum absolute atomic E-state index is 14.9. The summed E-state index contributed by atoms with van der Waals surface area (Å²) >= 11 is 0. The molecular formula is C19H14F9. The summed E-state index contributed by atoms with van der Waals surface area (Å²) in [5.74, 6) is -2.51. The monoisotopic (exact) mass is 413 g/mol. The van der Waals surface area contributed by atoms with E-state index in [-0.39, 0.29) is 24.0 Å². The number of benzene rings is 2. The second-order valence-electron chi connectivity index (χ2n) is 6.05. The fraction of sp³-hybridized carbons (Fsp3) is 0.368. The zero-order valence-corrected chi connectivity index (χ0v) is 14.6. The van der Waals surface area contributed by atoms with Crippen LogP contribution in [0.3, 0.4) is 0 Å². The minimum atomic E-state index is -6.37. The summed E-state index contributed by atoms with van der Waals surface area (Å²) in [6, 6.07) is 4.63. The predicted octanol–water partition coefficient (Wildman–Crippen LogP) is 6.85. The molecule has 0 saturated heterocycles. The lowest BCUT2D eigenvalue weighted by Gasteiger charge is -2.33. The van der Waals surface area contributed by atoms with Crippen LogP contribution in [0.25, 0.3) is 11.1 Å². The summed E-state index contributed by atoms with van der Waals surface area (Å²) in [6.07, 6.45) is -12.9. The molecule has 0 unspecified atom stereocenters. The van der Waals surface area contributed by atoms with Crippen molar-refractivity contribution in [2.45, 2.75) is 44.7 Å². The van der Waals surface area contributed by atoms with Gasteiger partial charge < -0.3 is 0 Å². The van der Waals surface area contributed by atoms with E-state index >= 15 is 0 Å². The van der Waals surface area contributed by atoms with Gasteiger partial charge in [-0.25, -0.2) is 13.2 Å². The van der Waals surface area contributed by atoms with Crippen LogP contribution in [-0.2, 0) is 18.5 Å². The van der Waals surface area contributed by atoms with Crippen molar-refractivity contribution >= 4 is 0 Å². The van der Waals surface area contributed by atoms with E-state index in [2.05, 4.69) is 6.07 Å². The van der Waals surface area contributed by atoms with Crippen LogP contribution in [0.2, 0.25) is 0 Å². The van der Waals surface area contributed by atoms with Gasteiger partial charge in [-0.15, -0.1) is 0 Å². The van der Waals surface area contributed by atoms with Gasteiger partial charge in [0.05, 0.1) is 0 Å². The minimum absolute atomic E-state index is 0.0298. The molecule has 0 fully saturated rings. The molecule has 0 aliphatic carbocycles. The molecule has 153 valence electrons. The third-order valence-corrected chi connectivity index (χ3v) is 4.29. The smallest absolute Gasteiger partial charge is 0.218 e. The maximum Gasteiger partial charge on any atom is 0.435 e. The largest absolute Gasteiger partial charge is 0.435 e. The van der Waals surface area contributed by atoms with Crippen LogP contribution in [0.1, 0.15) is 30.5 Å². The van der Waals surface area contributed by atoms with Crippen molar-refractivity contribution in [1.29, 1.82) is 0 Å². The predicted molar refractivity (Wildman–Crippen MR) is 84.3 cm³/mol. The molecule has 0 bridgehead atoms. The molecule has 0 nitrogen and oxygen atoms in total. The van der Waals surface area contributed by atoms with Gasteiger partial charge >= 0.3 is 18.0 Å². The van der Waals surface area contributed by atoms with Gasteiger partial charge in [-0.1, -0.05) is 19.9 Å². The van der Waals surface area contributed by atoms with Crippen LogP contribution in [0.4, 0.5) is 39.5 Å². The maximum atomic E-state index is 14.9. The Morgan fingerprint density at radius 1 is 0.821 bits per heavy atom. The van der Waals surface area contributed by atoms with Crippen molar-refractivity contribution in [3.8, 4) is 11.1 Å². The van der Waals surface area contributed by atoms with E-state index in [9.17, 15) is 39.5 Å². The van der Waals surface area contributed by atoms with Gasteiger partial charge in [-0.05, 0) is 47.7 Å². The standard InChI is InChI=1S/C19H14F9/c1-3-10-7-11(4-2)16(13-6-5-12(20)9-15(13)21)14(8-10)17(22,18(23,24)25)19(26,27)28/h5-6,8-9H,3-4H2,1-2H3. The van der Waals surface area contributed by atoms with Crippen molar-refractivity contribution < 1.29 is 39.5 Å². The number of halogens is 9. The van der Waals surface area contributed by atoms with E-state index in [1.807, 2.05) is 0 Å². The van der Waals surface area contributed by atoms with Gasteiger partial charge in [-0.3, -0.25) is 0 Å². The first-order valence-electron chi connectivity index (χ1n) is 8.14. The first-order chi connectivity index (χ1) is 12.8. The van der Waals surface area contributed by atoms with E-state index in [4.69, 9.17) is 0 Å². The Bertz CT molecular complexity index is 849. The molecule has 0 aliphatic rings. The van der Waals surface area contributed by atoms with E-state index in [1.165, 1.54) is 13.8 Å². The molecule has 0 atom stereocenters.